The number of ether oxygens (including phenoxy) is 1. The minimum Gasteiger partial charge on any atom is -0.496 e. The molecule has 0 radical (unpaired) electrons. The first kappa shape index (κ1) is 20.5. The SMILES string of the molecule is COc1ccc(Br)cc1/C=N/NC(=O)c1cccc(S(=O)(=O)N2CCCC2)c1. The average Bonchev–Trinajstić information content (AvgIpc) is 3.24. The molecular formula is C19H20BrN3O4S. The first-order chi connectivity index (χ1) is 13.4. The van der Waals surface area contributed by atoms with Gasteiger partial charge in [0.15, 0.2) is 0 Å². The van der Waals surface area contributed by atoms with Gasteiger partial charge in [0, 0.05) is 28.7 Å². The van der Waals surface area contributed by atoms with Gasteiger partial charge in [-0.1, -0.05) is 22.0 Å². The highest BCUT2D eigenvalue weighted by Crippen LogP contribution is 2.22. The van der Waals surface area contributed by atoms with Gasteiger partial charge in [-0.25, -0.2) is 13.8 Å². The van der Waals surface area contributed by atoms with Crippen molar-refractivity contribution in [3.05, 3.63) is 58.1 Å². The number of halogens is 1. The van der Waals surface area contributed by atoms with Crippen LogP contribution in [0.2, 0.25) is 0 Å². The maximum absolute atomic E-state index is 12.7. The first-order valence-electron chi connectivity index (χ1n) is 8.69. The van der Waals surface area contributed by atoms with E-state index in [-0.39, 0.29) is 10.5 Å². The molecule has 0 aliphatic carbocycles. The van der Waals surface area contributed by atoms with E-state index in [2.05, 4.69) is 26.5 Å². The molecule has 1 aliphatic heterocycles. The van der Waals surface area contributed by atoms with Gasteiger partial charge in [-0.3, -0.25) is 4.79 Å². The van der Waals surface area contributed by atoms with Crippen molar-refractivity contribution >= 4 is 38.1 Å². The van der Waals surface area contributed by atoms with Crippen LogP contribution in [0, 0.1) is 0 Å². The fourth-order valence-corrected chi connectivity index (χ4v) is 4.85. The molecule has 0 aromatic heterocycles. The molecule has 0 saturated carbocycles. The number of hydrogen-bond acceptors (Lipinski definition) is 5. The summed E-state index contributed by atoms with van der Waals surface area (Å²) in [5, 5.41) is 3.95. The smallest absolute Gasteiger partial charge is 0.271 e. The van der Waals surface area contributed by atoms with Crippen molar-refractivity contribution < 1.29 is 17.9 Å². The van der Waals surface area contributed by atoms with Crippen molar-refractivity contribution in [3.8, 4) is 5.75 Å². The van der Waals surface area contributed by atoms with Gasteiger partial charge in [0.2, 0.25) is 10.0 Å². The Morgan fingerprint density at radius 2 is 1.96 bits per heavy atom. The quantitative estimate of drug-likeness (QED) is 0.524. The molecule has 1 fully saturated rings. The number of rotatable bonds is 6. The number of methoxy groups -OCH3 is 1. The topological polar surface area (TPSA) is 88.1 Å². The summed E-state index contributed by atoms with van der Waals surface area (Å²) in [5.41, 5.74) is 3.32. The summed E-state index contributed by atoms with van der Waals surface area (Å²) in [6, 6.07) is 11.4. The van der Waals surface area contributed by atoms with E-state index in [9.17, 15) is 13.2 Å². The van der Waals surface area contributed by atoms with Crippen LogP contribution in [0.15, 0.2) is 56.9 Å². The third-order valence-corrected chi connectivity index (χ3v) is 6.75. The number of benzene rings is 2. The Labute approximate surface area is 172 Å². The molecule has 0 unspecified atom stereocenters. The normalized spacial score (nSPS) is 15.1. The summed E-state index contributed by atoms with van der Waals surface area (Å²) < 4.78 is 32.9. The molecule has 2 aromatic carbocycles. The van der Waals surface area contributed by atoms with Crippen LogP contribution < -0.4 is 10.2 Å². The van der Waals surface area contributed by atoms with E-state index in [4.69, 9.17) is 4.74 Å². The summed E-state index contributed by atoms with van der Waals surface area (Å²) in [7, 11) is -2.03. The lowest BCUT2D eigenvalue weighted by atomic mass is 10.2. The second-order valence-electron chi connectivity index (χ2n) is 6.22. The summed E-state index contributed by atoms with van der Waals surface area (Å²) >= 11 is 3.37. The maximum atomic E-state index is 12.7. The lowest BCUT2D eigenvalue weighted by molar-refractivity contribution is 0.0955. The minimum atomic E-state index is -3.58. The fourth-order valence-electron chi connectivity index (χ4n) is 2.91. The molecule has 1 N–H and O–H groups in total. The Bertz CT molecular complexity index is 1000. The van der Waals surface area contributed by atoms with Crippen LogP contribution in [0.4, 0.5) is 0 Å². The van der Waals surface area contributed by atoms with E-state index in [1.165, 1.54) is 22.7 Å². The Kier molecular flexibility index (Phi) is 6.48. The predicted octanol–water partition coefficient (Wildman–Crippen LogP) is 3.01. The number of carbonyl (C=O) groups is 1. The molecule has 1 amide bonds. The standard InChI is InChI=1S/C19H20BrN3O4S/c1-27-18-8-7-16(20)11-15(18)13-21-22-19(24)14-5-4-6-17(12-14)28(25,26)23-9-2-3-10-23/h4-8,11-13H,2-3,9-10H2,1H3,(H,22,24)/b21-13+. The highest BCUT2D eigenvalue weighted by Gasteiger charge is 2.27. The van der Waals surface area contributed by atoms with Crippen molar-refractivity contribution in [2.75, 3.05) is 20.2 Å². The van der Waals surface area contributed by atoms with E-state index >= 15 is 0 Å². The third kappa shape index (κ3) is 4.60. The van der Waals surface area contributed by atoms with Crippen molar-refractivity contribution in [2.45, 2.75) is 17.7 Å². The maximum Gasteiger partial charge on any atom is 0.271 e. The van der Waals surface area contributed by atoms with Crippen LogP contribution in [0.5, 0.6) is 5.75 Å². The number of sulfonamides is 1. The Morgan fingerprint density at radius 3 is 2.68 bits per heavy atom. The monoisotopic (exact) mass is 465 g/mol. The van der Waals surface area contributed by atoms with E-state index in [1.807, 2.05) is 6.07 Å². The van der Waals surface area contributed by atoms with Crippen molar-refractivity contribution in [2.24, 2.45) is 5.10 Å². The number of hydrazone groups is 1. The second-order valence-corrected chi connectivity index (χ2v) is 9.08. The van der Waals surface area contributed by atoms with Crippen molar-refractivity contribution in [1.29, 1.82) is 0 Å². The van der Waals surface area contributed by atoms with Gasteiger partial charge < -0.3 is 4.74 Å². The van der Waals surface area contributed by atoms with Gasteiger partial charge in [0.05, 0.1) is 18.2 Å². The zero-order valence-electron chi connectivity index (χ0n) is 15.3. The lowest BCUT2D eigenvalue weighted by Crippen LogP contribution is -2.28. The highest BCUT2D eigenvalue weighted by atomic mass is 79.9. The average molecular weight is 466 g/mol. The Balaban J connectivity index is 1.74. The van der Waals surface area contributed by atoms with Gasteiger partial charge >= 0.3 is 0 Å². The summed E-state index contributed by atoms with van der Waals surface area (Å²) in [6.07, 6.45) is 3.17. The molecule has 28 heavy (non-hydrogen) atoms. The van der Waals surface area contributed by atoms with E-state index in [0.29, 0.717) is 24.4 Å². The second kappa shape index (κ2) is 8.85. The molecule has 7 nitrogen and oxygen atoms in total. The molecule has 148 valence electrons. The zero-order chi connectivity index (χ0) is 20.1. The Morgan fingerprint density at radius 1 is 1.21 bits per heavy atom. The van der Waals surface area contributed by atoms with Crippen molar-refractivity contribution in [3.63, 3.8) is 0 Å². The number of carbonyl (C=O) groups excluding carboxylic acids is 1. The molecule has 9 heteroatoms. The summed E-state index contributed by atoms with van der Waals surface area (Å²) in [6.45, 7) is 1.02. The van der Waals surface area contributed by atoms with Crippen LogP contribution in [-0.4, -0.2) is 45.0 Å². The van der Waals surface area contributed by atoms with Crippen LogP contribution in [0.1, 0.15) is 28.8 Å². The molecule has 0 atom stereocenters. The molecule has 3 rings (SSSR count). The van der Waals surface area contributed by atoms with E-state index in [1.54, 1.807) is 31.4 Å². The summed E-state index contributed by atoms with van der Waals surface area (Å²) in [5.74, 6) is 0.114. The van der Waals surface area contributed by atoms with Gasteiger partial charge in [-0.15, -0.1) is 0 Å². The van der Waals surface area contributed by atoms with Gasteiger partial charge in [-0.05, 0) is 49.2 Å². The van der Waals surface area contributed by atoms with E-state index in [0.717, 1.165) is 17.3 Å². The first-order valence-corrected chi connectivity index (χ1v) is 10.9. The molecular weight excluding hydrogens is 446 g/mol. The number of nitrogens with one attached hydrogen (secondary N) is 1. The molecule has 2 aromatic rings. The zero-order valence-corrected chi connectivity index (χ0v) is 17.7. The largest absolute Gasteiger partial charge is 0.496 e. The third-order valence-electron chi connectivity index (χ3n) is 4.36. The van der Waals surface area contributed by atoms with Crippen molar-refractivity contribution in [1.82, 2.24) is 9.73 Å². The minimum absolute atomic E-state index is 0.111. The molecule has 0 bridgehead atoms. The molecule has 1 aliphatic rings. The number of hydrogen-bond donors (Lipinski definition) is 1. The van der Waals surface area contributed by atoms with E-state index < -0.39 is 15.9 Å². The van der Waals surface area contributed by atoms with Crippen LogP contribution in [0.3, 0.4) is 0 Å². The fraction of sp³-hybridized carbons (Fsp3) is 0.263. The molecule has 0 spiro atoms. The van der Waals surface area contributed by atoms with Crippen LogP contribution >= 0.6 is 15.9 Å². The lowest BCUT2D eigenvalue weighted by Gasteiger charge is -2.15. The predicted molar refractivity (Wildman–Crippen MR) is 110 cm³/mol. The van der Waals surface area contributed by atoms with Crippen LogP contribution in [0.25, 0.3) is 0 Å². The van der Waals surface area contributed by atoms with Crippen LogP contribution in [-0.2, 0) is 10.0 Å². The highest BCUT2D eigenvalue weighted by molar-refractivity contribution is 9.10. The van der Waals surface area contributed by atoms with Gasteiger partial charge in [0.25, 0.3) is 5.91 Å². The van der Waals surface area contributed by atoms with Gasteiger partial charge in [-0.2, -0.15) is 9.41 Å². The Hall–Kier alpha value is -2.23. The number of amides is 1. The number of nitrogens with zero attached hydrogens (tertiary/aromatic N) is 2. The van der Waals surface area contributed by atoms with Gasteiger partial charge in [0.1, 0.15) is 5.75 Å². The molecule has 1 heterocycles. The summed E-state index contributed by atoms with van der Waals surface area (Å²) in [4.78, 5) is 12.5. The molecule has 1 saturated heterocycles.